The van der Waals surface area contributed by atoms with Gasteiger partial charge < -0.3 is 0 Å². The highest BCUT2D eigenvalue weighted by molar-refractivity contribution is 8.00. The van der Waals surface area contributed by atoms with E-state index in [9.17, 15) is 9.00 Å². The van der Waals surface area contributed by atoms with E-state index in [1.807, 2.05) is 0 Å². The Bertz CT molecular complexity index is 387. The highest BCUT2D eigenvalue weighted by Crippen LogP contribution is 2.35. The molecule has 4 heteroatoms. The lowest BCUT2D eigenvalue weighted by Gasteiger charge is -2.32. The molecular weight excluding hydrogens is 210 g/mol. The quantitative estimate of drug-likeness (QED) is 0.667. The van der Waals surface area contributed by atoms with Crippen LogP contribution in [-0.4, -0.2) is 27.4 Å². The number of carbonyl (C=O) groups is 1. The molecule has 0 atom stereocenters. The molecule has 1 heterocycles. The SMILES string of the molecule is C=S1(=O)CCC(C#N)(C(=O)C(C)C)CC1. The molecular formula is C11H17NO2S. The number of carbonyl (C=O) groups excluding carboxylic acids is 1. The van der Waals surface area contributed by atoms with Crippen LogP contribution in [0.5, 0.6) is 0 Å². The molecule has 0 saturated carbocycles. The molecule has 0 aromatic rings. The summed E-state index contributed by atoms with van der Waals surface area (Å²) in [5.41, 5.74) is -0.896. The minimum atomic E-state index is -2.03. The average Bonchev–Trinajstić information content (AvgIpc) is 2.18. The first-order chi connectivity index (χ1) is 6.83. The summed E-state index contributed by atoms with van der Waals surface area (Å²) in [7, 11) is -2.03. The van der Waals surface area contributed by atoms with E-state index in [4.69, 9.17) is 5.26 Å². The monoisotopic (exact) mass is 227 g/mol. The fraction of sp³-hybridized carbons (Fsp3) is 0.727. The van der Waals surface area contributed by atoms with Gasteiger partial charge in [0.25, 0.3) is 0 Å². The lowest BCUT2D eigenvalue weighted by molar-refractivity contribution is -0.129. The highest BCUT2D eigenvalue weighted by Gasteiger charge is 2.42. The number of rotatable bonds is 2. The van der Waals surface area contributed by atoms with Crippen LogP contribution in [0, 0.1) is 22.7 Å². The second kappa shape index (κ2) is 3.97. The number of hydrogen-bond donors (Lipinski definition) is 0. The summed E-state index contributed by atoms with van der Waals surface area (Å²) >= 11 is 0. The summed E-state index contributed by atoms with van der Waals surface area (Å²) in [6, 6.07) is 2.13. The molecule has 1 fully saturated rings. The van der Waals surface area contributed by atoms with E-state index in [0.717, 1.165) is 0 Å². The van der Waals surface area contributed by atoms with Crippen LogP contribution in [0.2, 0.25) is 0 Å². The molecule has 0 amide bonds. The Kier molecular flexibility index (Phi) is 3.25. The molecule has 0 bridgehead atoms. The van der Waals surface area contributed by atoms with Gasteiger partial charge in [0.15, 0.2) is 5.78 Å². The van der Waals surface area contributed by atoms with Gasteiger partial charge in [0.05, 0.1) is 6.07 Å². The van der Waals surface area contributed by atoms with Gasteiger partial charge in [0, 0.05) is 17.4 Å². The molecule has 1 aliphatic heterocycles. The molecule has 0 aromatic carbocycles. The predicted octanol–water partition coefficient (Wildman–Crippen LogP) is 1.23. The maximum atomic E-state index is 11.9. The van der Waals surface area contributed by atoms with Crippen LogP contribution in [0.1, 0.15) is 26.7 Å². The Hall–Kier alpha value is -0.820. The topological polar surface area (TPSA) is 57.9 Å². The van der Waals surface area contributed by atoms with Crippen molar-refractivity contribution in [3.8, 4) is 6.07 Å². The minimum Gasteiger partial charge on any atom is -0.298 e. The molecule has 1 aliphatic rings. The van der Waals surface area contributed by atoms with Crippen molar-refractivity contribution >= 4 is 21.2 Å². The van der Waals surface area contributed by atoms with Crippen LogP contribution in [0.4, 0.5) is 0 Å². The number of Topliss-reactive ketones (excluding diaryl/α,β-unsaturated/α-hetero) is 1. The van der Waals surface area contributed by atoms with Crippen LogP contribution in [0.25, 0.3) is 0 Å². The maximum Gasteiger partial charge on any atom is 0.155 e. The Labute approximate surface area is 91.5 Å². The number of nitrogens with zero attached hydrogens (tertiary/aromatic N) is 1. The largest absolute Gasteiger partial charge is 0.298 e. The first-order valence-electron chi connectivity index (χ1n) is 5.11. The fourth-order valence-electron chi connectivity index (χ4n) is 1.91. The summed E-state index contributed by atoms with van der Waals surface area (Å²) in [5.74, 6) is 4.29. The van der Waals surface area contributed by atoms with Crippen LogP contribution in [-0.2, 0) is 14.3 Å². The van der Waals surface area contributed by atoms with Gasteiger partial charge in [-0.15, -0.1) is 0 Å². The molecule has 84 valence electrons. The second-order valence-corrected chi connectivity index (χ2v) is 7.34. The van der Waals surface area contributed by atoms with Crippen LogP contribution in [0.3, 0.4) is 0 Å². The van der Waals surface area contributed by atoms with Gasteiger partial charge in [-0.3, -0.25) is 9.00 Å². The Morgan fingerprint density at radius 1 is 1.47 bits per heavy atom. The van der Waals surface area contributed by atoms with Crippen molar-refractivity contribution in [1.29, 1.82) is 5.26 Å². The highest BCUT2D eigenvalue weighted by atomic mass is 32.2. The summed E-state index contributed by atoms with van der Waals surface area (Å²) in [5, 5.41) is 9.15. The molecule has 15 heavy (non-hydrogen) atoms. The van der Waals surface area contributed by atoms with Crippen molar-refractivity contribution in [2.75, 3.05) is 11.5 Å². The third-order valence-corrected chi connectivity index (χ3v) is 4.91. The van der Waals surface area contributed by atoms with E-state index in [-0.39, 0.29) is 11.7 Å². The van der Waals surface area contributed by atoms with E-state index < -0.39 is 14.9 Å². The molecule has 1 saturated heterocycles. The third kappa shape index (κ3) is 2.40. The summed E-state index contributed by atoms with van der Waals surface area (Å²) in [4.78, 5) is 11.9. The van der Waals surface area contributed by atoms with E-state index in [0.29, 0.717) is 24.3 Å². The average molecular weight is 227 g/mol. The molecule has 0 unspecified atom stereocenters. The molecule has 0 spiro atoms. The molecule has 0 aliphatic carbocycles. The van der Waals surface area contributed by atoms with Crippen molar-refractivity contribution in [2.24, 2.45) is 11.3 Å². The van der Waals surface area contributed by atoms with Crippen LogP contribution in [0.15, 0.2) is 0 Å². The normalized spacial score (nSPS) is 36.1. The van der Waals surface area contributed by atoms with Gasteiger partial charge in [0.2, 0.25) is 0 Å². The first kappa shape index (κ1) is 12.3. The Balaban J connectivity index is 2.92. The Morgan fingerprint density at radius 3 is 2.27 bits per heavy atom. The molecule has 3 nitrogen and oxygen atoms in total. The van der Waals surface area contributed by atoms with E-state index >= 15 is 0 Å². The van der Waals surface area contributed by atoms with Gasteiger partial charge in [-0.05, 0) is 28.2 Å². The predicted molar refractivity (Wildman–Crippen MR) is 62.1 cm³/mol. The molecule has 1 rings (SSSR count). The lowest BCUT2D eigenvalue weighted by atomic mass is 9.75. The molecule has 0 N–H and O–H groups in total. The lowest BCUT2D eigenvalue weighted by Crippen LogP contribution is -2.40. The number of ketones is 1. The zero-order chi connectivity index (χ0) is 11.7. The van der Waals surface area contributed by atoms with E-state index in [2.05, 4.69) is 11.9 Å². The minimum absolute atomic E-state index is 0.0140. The standard InChI is InChI=1S/C11H17NO2S/c1-9(2)10(13)11(8-12)4-6-15(3,14)7-5-11/h9H,3-7H2,1-2H3. The van der Waals surface area contributed by atoms with Crippen molar-refractivity contribution in [1.82, 2.24) is 0 Å². The van der Waals surface area contributed by atoms with Crippen LogP contribution >= 0.6 is 0 Å². The smallest absolute Gasteiger partial charge is 0.155 e. The van der Waals surface area contributed by atoms with E-state index in [1.165, 1.54) is 0 Å². The van der Waals surface area contributed by atoms with Crippen molar-refractivity contribution in [3.63, 3.8) is 0 Å². The van der Waals surface area contributed by atoms with Crippen molar-refractivity contribution < 1.29 is 9.00 Å². The molecule has 0 radical (unpaired) electrons. The number of hydrogen-bond acceptors (Lipinski definition) is 3. The Morgan fingerprint density at radius 2 is 1.93 bits per heavy atom. The third-order valence-electron chi connectivity index (χ3n) is 3.01. The second-order valence-electron chi connectivity index (χ2n) is 4.59. The summed E-state index contributed by atoms with van der Waals surface area (Å²) in [6.07, 6.45) is 0.811. The van der Waals surface area contributed by atoms with Crippen LogP contribution < -0.4 is 0 Å². The van der Waals surface area contributed by atoms with Gasteiger partial charge in [-0.25, -0.2) is 0 Å². The van der Waals surface area contributed by atoms with Crippen molar-refractivity contribution in [2.45, 2.75) is 26.7 Å². The van der Waals surface area contributed by atoms with Gasteiger partial charge in [-0.2, -0.15) is 5.26 Å². The number of nitriles is 1. The van der Waals surface area contributed by atoms with Crippen molar-refractivity contribution in [3.05, 3.63) is 0 Å². The zero-order valence-electron chi connectivity index (χ0n) is 9.28. The van der Waals surface area contributed by atoms with Gasteiger partial charge >= 0.3 is 0 Å². The maximum absolute atomic E-state index is 11.9. The summed E-state index contributed by atoms with van der Waals surface area (Å²) < 4.78 is 11.7. The fourth-order valence-corrected chi connectivity index (χ4v) is 3.56. The first-order valence-corrected chi connectivity index (χ1v) is 7.18. The summed E-state index contributed by atoms with van der Waals surface area (Å²) in [6.45, 7) is 3.61. The molecule has 0 aromatic heterocycles. The van der Waals surface area contributed by atoms with E-state index in [1.54, 1.807) is 13.8 Å². The zero-order valence-corrected chi connectivity index (χ0v) is 10.1. The van der Waals surface area contributed by atoms with Gasteiger partial charge in [0.1, 0.15) is 5.41 Å². The van der Waals surface area contributed by atoms with Gasteiger partial charge in [-0.1, -0.05) is 13.8 Å².